The van der Waals surface area contributed by atoms with Crippen molar-refractivity contribution in [2.75, 3.05) is 35.3 Å². The van der Waals surface area contributed by atoms with Crippen LogP contribution in [0.3, 0.4) is 0 Å². The maximum atomic E-state index is 13.6. The third-order valence-electron chi connectivity index (χ3n) is 3.77. The van der Waals surface area contributed by atoms with Crippen LogP contribution in [-0.2, 0) is 10.8 Å². The minimum absolute atomic E-state index is 0.215. The Balaban J connectivity index is 2.07. The van der Waals surface area contributed by atoms with Crippen LogP contribution in [0.25, 0.3) is 0 Å². The van der Waals surface area contributed by atoms with E-state index in [1.54, 1.807) is 19.2 Å². The first-order valence-electron chi connectivity index (χ1n) is 7.88. The van der Waals surface area contributed by atoms with Crippen molar-refractivity contribution in [3.63, 3.8) is 0 Å². The molecule has 0 aliphatic carbocycles. The van der Waals surface area contributed by atoms with E-state index in [1.165, 1.54) is 18.6 Å². The van der Waals surface area contributed by atoms with Gasteiger partial charge in [-0.3, -0.25) is 4.21 Å². The molecule has 1 aromatic carbocycles. The monoisotopic (exact) mass is 341 g/mol. The van der Waals surface area contributed by atoms with Gasteiger partial charge < -0.3 is 15.5 Å². The summed E-state index contributed by atoms with van der Waals surface area (Å²) in [5.41, 5.74) is 1.31. The Morgan fingerprint density at radius 3 is 2.70 bits per heavy atom. The Labute approximate surface area is 139 Å². The number of carbonyl (C=O) groups is 1. The van der Waals surface area contributed by atoms with Crippen LogP contribution in [0.1, 0.15) is 26.2 Å². The zero-order valence-corrected chi connectivity index (χ0v) is 14.4. The summed E-state index contributed by atoms with van der Waals surface area (Å²) in [4.78, 5) is 14.3. The zero-order chi connectivity index (χ0) is 16.8. The number of hydrogen-bond acceptors (Lipinski definition) is 3. The molecule has 23 heavy (non-hydrogen) atoms. The average molecular weight is 341 g/mol. The van der Waals surface area contributed by atoms with Gasteiger partial charge in [-0.2, -0.15) is 0 Å². The van der Waals surface area contributed by atoms with Crippen molar-refractivity contribution in [1.29, 1.82) is 0 Å². The number of carbonyl (C=O) groups excluding carboxylic acids is 1. The molecule has 1 aliphatic heterocycles. The Kier molecular flexibility index (Phi) is 6.38. The van der Waals surface area contributed by atoms with Crippen LogP contribution < -0.4 is 15.5 Å². The molecule has 1 aliphatic rings. The second kappa shape index (κ2) is 8.29. The summed E-state index contributed by atoms with van der Waals surface area (Å²) in [6.07, 6.45) is 4.99. The molecule has 2 amide bonds. The van der Waals surface area contributed by atoms with Gasteiger partial charge in [0.25, 0.3) is 0 Å². The highest BCUT2D eigenvalue weighted by Gasteiger charge is 2.17. The number of benzene rings is 1. The maximum absolute atomic E-state index is 13.6. The molecule has 2 N–H and O–H groups in total. The SMILES string of the molecule is C[C@H](C[S@@](C)=O)NC(=O)Nc1cc(F)ccc1N1CCCCC1. The van der Waals surface area contributed by atoms with Gasteiger partial charge in [-0.25, -0.2) is 9.18 Å². The van der Waals surface area contributed by atoms with Crippen LogP contribution in [0, 0.1) is 5.82 Å². The molecule has 7 heteroatoms. The molecule has 2 atom stereocenters. The summed E-state index contributed by atoms with van der Waals surface area (Å²) in [7, 11) is -0.981. The average Bonchev–Trinajstić information content (AvgIpc) is 2.47. The Bertz CT molecular complexity index is 576. The van der Waals surface area contributed by atoms with Crippen molar-refractivity contribution in [3.8, 4) is 0 Å². The topological polar surface area (TPSA) is 61.4 Å². The third kappa shape index (κ3) is 5.49. The lowest BCUT2D eigenvalue weighted by atomic mass is 10.1. The predicted octanol–water partition coefficient (Wildman–Crippen LogP) is 2.70. The van der Waals surface area contributed by atoms with E-state index in [1.807, 2.05) is 0 Å². The van der Waals surface area contributed by atoms with Gasteiger partial charge in [-0.1, -0.05) is 0 Å². The van der Waals surface area contributed by atoms with Crippen LogP contribution in [0.15, 0.2) is 18.2 Å². The van der Waals surface area contributed by atoms with E-state index < -0.39 is 16.8 Å². The highest BCUT2D eigenvalue weighted by molar-refractivity contribution is 7.84. The first-order chi connectivity index (χ1) is 11.0. The van der Waals surface area contributed by atoms with Crippen molar-refractivity contribution in [3.05, 3.63) is 24.0 Å². The van der Waals surface area contributed by atoms with Gasteiger partial charge in [-0.15, -0.1) is 0 Å². The fourth-order valence-corrected chi connectivity index (χ4v) is 3.58. The van der Waals surface area contributed by atoms with Crippen molar-refractivity contribution < 1.29 is 13.4 Å². The summed E-state index contributed by atoms with van der Waals surface area (Å²) in [5.74, 6) is -0.000921. The number of nitrogens with zero attached hydrogens (tertiary/aromatic N) is 1. The van der Waals surface area contributed by atoms with Crippen LogP contribution in [0.5, 0.6) is 0 Å². The molecule has 0 spiro atoms. The second-order valence-corrected chi connectivity index (χ2v) is 7.43. The fraction of sp³-hybridized carbons (Fsp3) is 0.562. The van der Waals surface area contributed by atoms with Crippen molar-refractivity contribution in [2.45, 2.75) is 32.2 Å². The van der Waals surface area contributed by atoms with Gasteiger partial charge in [0.15, 0.2) is 0 Å². The quantitative estimate of drug-likeness (QED) is 0.866. The fourth-order valence-electron chi connectivity index (χ4n) is 2.79. The van der Waals surface area contributed by atoms with Gasteiger partial charge in [0.05, 0.1) is 11.4 Å². The second-order valence-electron chi connectivity index (χ2n) is 5.95. The van der Waals surface area contributed by atoms with E-state index in [0.29, 0.717) is 11.4 Å². The Morgan fingerprint density at radius 2 is 2.04 bits per heavy atom. The molecule has 0 unspecified atom stereocenters. The molecule has 128 valence electrons. The predicted molar refractivity (Wildman–Crippen MR) is 93.0 cm³/mol. The maximum Gasteiger partial charge on any atom is 0.319 e. The van der Waals surface area contributed by atoms with E-state index in [4.69, 9.17) is 0 Å². The van der Waals surface area contributed by atoms with Crippen molar-refractivity contribution in [1.82, 2.24) is 5.32 Å². The summed E-state index contributed by atoms with van der Waals surface area (Å²) in [6, 6.07) is 3.84. The van der Waals surface area contributed by atoms with Gasteiger partial charge >= 0.3 is 6.03 Å². The van der Waals surface area contributed by atoms with Gasteiger partial charge in [0.1, 0.15) is 5.82 Å². The van der Waals surface area contributed by atoms with E-state index in [-0.39, 0.29) is 11.9 Å². The highest BCUT2D eigenvalue weighted by Crippen LogP contribution is 2.29. The molecule has 1 heterocycles. The number of nitrogens with one attached hydrogen (secondary N) is 2. The van der Waals surface area contributed by atoms with Gasteiger partial charge in [0.2, 0.25) is 0 Å². The number of hydrogen-bond donors (Lipinski definition) is 2. The molecule has 0 bridgehead atoms. The summed E-state index contributed by atoms with van der Waals surface area (Å²) < 4.78 is 24.8. The lowest BCUT2D eigenvalue weighted by Crippen LogP contribution is -2.39. The molecule has 0 saturated carbocycles. The number of amides is 2. The Morgan fingerprint density at radius 1 is 1.35 bits per heavy atom. The first-order valence-corrected chi connectivity index (χ1v) is 9.60. The lowest BCUT2D eigenvalue weighted by Gasteiger charge is -2.30. The number of halogens is 1. The smallest absolute Gasteiger partial charge is 0.319 e. The minimum atomic E-state index is -0.981. The van der Waals surface area contributed by atoms with Crippen molar-refractivity contribution in [2.24, 2.45) is 0 Å². The number of piperidine rings is 1. The number of urea groups is 1. The molecule has 0 radical (unpaired) electrons. The molecule has 1 saturated heterocycles. The molecule has 1 aromatic rings. The molecular weight excluding hydrogens is 317 g/mol. The highest BCUT2D eigenvalue weighted by atomic mass is 32.2. The van der Waals surface area contributed by atoms with Gasteiger partial charge in [0, 0.05) is 41.9 Å². The van der Waals surface area contributed by atoms with Crippen LogP contribution in [-0.4, -0.2) is 41.4 Å². The normalized spacial score (nSPS) is 17.4. The van der Waals surface area contributed by atoms with E-state index in [9.17, 15) is 13.4 Å². The van der Waals surface area contributed by atoms with Crippen LogP contribution >= 0.6 is 0 Å². The molecule has 2 rings (SSSR count). The number of rotatable bonds is 5. The lowest BCUT2D eigenvalue weighted by molar-refractivity contribution is 0.250. The molecule has 0 aromatic heterocycles. The standard InChI is InChI=1S/C16H24FN3O2S/c1-12(11-23(2)22)18-16(21)19-14-10-13(17)6-7-15(14)20-8-4-3-5-9-20/h6-7,10,12H,3-5,8-9,11H2,1-2H3,(H2,18,19,21)/t12-,23-/m1/s1. The molecule has 5 nitrogen and oxygen atoms in total. The van der Waals surface area contributed by atoms with Crippen LogP contribution in [0.2, 0.25) is 0 Å². The number of anilines is 2. The summed E-state index contributed by atoms with van der Waals surface area (Å²) in [6.45, 7) is 3.61. The summed E-state index contributed by atoms with van der Waals surface area (Å²) in [5, 5.41) is 5.45. The zero-order valence-electron chi connectivity index (χ0n) is 13.6. The van der Waals surface area contributed by atoms with E-state index >= 15 is 0 Å². The molecular formula is C16H24FN3O2S. The first kappa shape index (κ1) is 17.7. The minimum Gasteiger partial charge on any atom is -0.370 e. The Hall–Kier alpha value is -1.63. The molecule has 1 fully saturated rings. The third-order valence-corrected chi connectivity index (χ3v) is 4.74. The van der Waals surface area contributed by atoms with Crippen molar-refractivity contribution >= 4 is 28.2 Å². The van der Waals surface area contributed by atoms with E-state index in [2.05, 4.69) is 15.5 Å². The largest absolute Gasteiger partial charge is 0.370 e. The van der Waals surface area contributed by atoms with Gasteiger partial charge in [-0.05, 0) is 44.4 Å². The van der Waals surface area contributed by atoms with Crippen LogP contribution in [0.4, 0.5) is 20.6 Å². The summed E-state index contributed by atoms with van der Waals surface area (Å²) >= 11 is 0. The van der Waals surface area contributed by atoms with E-state index in [0.717, 1.165) is 31.6 Å².